The molecule has 0 aliphatic rings. The van der Waals surface area contributed by atoms with Crippen molar-refractivity contribution >= 4 is 17.2 Å². The van der Waals surface area contributed by atoms with Crippen LogP contribution in [0, 0.1) is 0 Å². The van der Waals surface area contributed by atoms with Crippen molar-refractivity contribution in [2.75, 3.05) is 7.11 Å². The molecule has 0 saturated carbocycles. The minimum atomic E-state index is -0.108. The van der Waals surface area contributed by atoms with E-state index in [0.717, 1.165) is 17.0 Å². The second-order valence-corrected chi connectivity index (χ2v) is 4.75. The van der Waals surface area contributed by atoms with Gasteiger partial charge >= 0.3 is 0 Å². The number of aliphatic hydroxyl groups is 1. The molecule has 0 aliphatic carbocycles. The van der Waals surface area contributed by atoms with Gasteiger partial charge in [0.15, 0.2) is 5.65 Å². The number of aliphatic hydroxyl groups excluding tert-OH is 1. The van der Waals surface area contributed by atoms with Crippen molar-refractivity contribution in [2.24, 2.45) is 0 Å². The fourth-order valence-corrected chi connectivity index (χ4v) is 2.42. The Bertz CT molecular complexity index is 750. The summed E-state index contributed by atoms with van der Waals surface area (Å²) in [5.74, 6) is 0.779. The van der Waals surface area contributed by atoms with Crippen molar-refractivity contribution in [1.29, 1.82) is 0 Å². The maximum atomic E-state index is 9.63. The van der Waals surface area contributed by atoms with Crippen LogP contribution in [-0.2, 0) is 6.61 Å². The number of ether oxygens (including phenoxy) is 1. The molecule has 3 rings (SSSR count). The van der Waals surface area contributed by atoms with Crippen LogP contribution in [0.5, 0.6) is 5.75 Å². The number of benzene rings is 1. The Morgan fingerprint density at radius 3 is 2.65 bits per heavy atom. The van der Waals surface area contributed by atoms with Gasteiger partial charge in [-0.2, -0.15) is 0 Å². The van der Waals surface area contributed by atoms with Gasteiger partial charge in [0, 0.05) is 11.8 Å². The predicted octanol–water partition coefficient (Wildman–Crippen LogP) is 3.16. The van der Waals surface area contributed by atoms with Crippen LogP contribution in [0.2, 0.25) is 5.02 Å². The average Bonchev–Trinajstić information content (AvgIpc) is 2.87. The van der Waals surface area contributed by atoms with E-state index in [1.54, 1.807) is 13.2 Å². The molecule has 102 valence electrons. The quantitative estimate of drug-likeness (QED) is 0.805. The highest BCUT2D eigenvalue weighted by Crippen LogP contribution is 2.28. The maximum Gasteiger partial charge on any atom is 0.156 e. The maximum absolute atomic E-state index is 9.63. The van der Waals surface area contributed by atoms with Crippen molar-refractivity contribution in [2.45, 2.75) is 6.61 Å². The van der Waals surface area contributed by atoms with E-state index in [4.69, 9.17) is 16.3 Å². The van der Waals surface area contributed by atoms with E-state index in [1.807, 2.05) is 40.9 Å². The molecule has 0 saturated heterocycles. The number of pyridine rings is 1. The minimum Gasteiger partial charge on any atom is -0.497 e. The summed E-state index contributed by atoms with van der Waals surface area (Å²) in [5, 5.41) is 10.2. The van der Waals surface area contributed by atoms with E-state index in [-0.39, 0.29) is 6.61 Å². The lowest BCUT2D eigenvalue weighted by Crippen LogP contribution is -1.94. The van der Waals surface area contributed by atoms with Crippen LogP contribution >= 0.6 is 11.6 Å². The normalized spacial score (nSPS) is 10.9. The summed E-state index contributed by atoms with van der Waals surface area (Å²) in [7, 11) is 1.62. The topological polar surface area (TPSA) is 46.8 Å². The minimum absolute atomic E-state index is 0.108. The Morgan fingerprint density at radius 2 is 2.00 bits per heavy atom. The second kappa shape index (κ2) is 5.15. The lowest BCUT2D eigenvalue weighted by molar-refractivity contribution is 0.276. The first-order chi connectivity index (χ1) is 9.74. The number of hydrogen-bond acceptors (Lipinski definition) is 3. The monoisotopic (exact) mass is 288 g/mol. The fourth-order valence-electron chi connectivity index (χ4n) is 2.21. The second-order valence-electron chi connectivity index (χ2n) is 4.34. The third-order valence-corrected chi connectivity index (χ3v) is 3.51. The van der Waals surface area contributed by atoms with Crippen LogP contribution in [0.15, 0.2) is 42.6 Å². The van der Waals surface area contributed by atoms with Crippen LogP contribution < -0.4 is 4.74 Å². The summed E-state index contributed by atoms with van der Waals surface area (Å²) < 4.78 is 6.95. The molecule has 2 aromatic heterocycles. The smallest absolute Gasteiger partial charge is 0.156 e. The zero-order valence-corrected chi connectivity index (χ0v) is 11.6. The molecule has 0 spiro atoms. The molecule has 3 aromatic rings. The highest BCUT2D eigenvalue weighted by molar-refractivity contribution is 6.33. The van der Waals surface area contributed by atoms with Gasteiger partial charge in [0.2, 0.25) is 0 Å². The fraction of sp³-hybridized carbons (Fsp3) is 0.133. The highest BCUT2D eigenvalue weighted by atomic mass is 35.5. The highest BCUT2D eigenvalue weighted by Gasteiger charge is 2.14. The first-order valence-electron chi connectivity index (χ1n) is 6.15. The molecule has 0 unspecified atom stereocenters. The Balaban J connectivity index is 2.21. The summed E-state index contributed by atoms with van der Waals surface area (Å²) in [4.78, 5) is 4.54. The molecule has 0 bridgehead atoms. The molecule has 2 heterocycles. The number of rotatable bonds is 3. The molecular weight excluding hydrogens is 276 g/mol. The van der Waals surface area contributed by atoms with Gasteiger partial charge in [-0.3, -0.25) is 4.40 Å². The number of aromatic nitrogens is 2. The molecule has 0 radical (unpaired) electrons. The number of imidazole rings is 1. The Morgan fingerprint density at radius 1 is 1.25 bits per heavy atom. The zero-order chi connectivity index (χ0) is 14.1. The number of hydrogen-bond donors (Lipinski definition) is 1. The molecular formula is C15H13ClN2O2. The van der Waals surface area contributed by atoms with Crippen LogP contribution in [-0.4, -0.2) is 21.6 Å². The van der Waals surface area contributed by atoms with Crippen molar-refractivity contribution in [3.63, 3.8) is 0 Å². The van der Waals surface area contributed by atoms with Gasteiger partial charge in [0.25, 0.3) is 0 Å². The van der Waals surface area contributed by atoms with E-state index in [9.17, 15) is 5.11 Å². The van der Waals surface area contributed by atoms with E-state index in [1.165, 1.54) is 0 Å². The molecule has 1 aromatic carbocycles. The van der Waals surface area contributed by atoms with E-state index < -0.39 is 0 Å². The molecule has 5 heteroatoms. The van der Waals surface area contributed by atoms with E-state index >= 15 is 0 Å². The number of fused-ring (bicyclic) bond motifs is 1. The SMILES string of the molecule is COc1ccc(-c2nc3c(Cl)cccn3c2CO)cc1. The Labute approximate surface area is 121 Å². The lowest BCUT2D eigenvalue weighted by Gasteiger charge is -2.03. The van der Waals surface area contributed by atoms with Crippen LogP contribution in [0.4, 0.5) is 0 Å². The molecule has 0 aliphatic heterocycles. The molecule has 0 amide bonds. The number of methoxy groups -OCH3 is 1. The number of halogens is 1. The van der Waals surface area contributed by atoms with Gasteiger partial charge in [-0.25, -0.2) is 4.98 Å². The largest absolute Gasteiger partial charge is 0.497 e. The summed E-state index contributed by atoms with van der Waals surface area (Å²) >= 11 is 6.15. The van der Waals surface area contributed by atoms with E-state index in [2.05, 4.69) is 4.98 Å². The Kier molecular flexibility index (Phi) is 3.34. The van der Waals surface area contributed by atoms with Gasteiger partial charge in [-0.15, -0.1) is 0 Å². The van der Waals surface area contributed by atoms with Crippen molar-refractivity contribution in [1.82, 2.24) is 9.38 Å². The lowest BCUT2D eigenvalue weighted by atomic mass is 10.1. The molecule has 0 fully saturated rings. The van der Waals surface area contributed by atoms with Crippen LogP contribution in [0.25, 0.3) is 16.9 Å². The van der Waals surface area contributed by atoms with Crippen LogP contribution in [0.3, 0.4) is 0 Å². The third kappa shape index (κ3) is 2.03. The van der Waals surface area contributed by atoms with E-state index in [0.29, 0.717) is 16.4 Å². The summed E-state index contributed by atoms with van der Waals surface area (Å²) in [6, 6.07) is 11.2. The summed E-state index contributed by atoms with van der Waals surface area (Å²) in [6.45, 7) is -0.108. The van der Waals surface area contributed by atoms with Crippen molar-refractivity contribution in [3.8, 4) is 17.0 Å². The van der Waals surface area contributed by atoms with Gasteiger partial charge in [0.1, 0.15) is 5.75 Å². The van der Waals surface area contributed by atoms with Gasteiger partial charge in [-0.05, 0) is 36.4 Å². The van der Waals surface area contributed by atoms with Crippen molar-refractivity contribution < 1.29 is 9.84 Å². The van der Waals surface area contributed by atoms with Gasteiger partial charge in [0.05, 0.1) is 30.1 Å². The molecule has 4 nitrogen and oxygen atoms in total. The van der Waals surface area contributed by atoms with Gasteiger partial charge < -0.3 is 9.84 Å². The Hall–Kier alpha value is -2.04. The van der Waals surface area contributed by atoms with Gasteiger partial charge in [-0.1, -0.05) is 11.6 Å². The molecule has 20 heavy (non-hydrogen) atoms. The molecule has 0 atom stereocenters. The van der Waals surface area contributed by atoms with Crippen LogP contribution in [0.1, 0.15) is 5.69 Å². The summed E-state index contributed by atoms with van der Waals surface area (Å²) in [5.41, 5.74) is 2.99. The number of nitrogens with zero attached hydrogens (tertiary/aromatic N) is 2. The standard InChI is InChI=1S/C15H13ClN2O2/c1-20-11-6-4-10(5-7-11)14-13(9-19)18-8-2-3-12(16)15(18)17-14/h2-8,19H,9H2,1H3. The average molecular weight is 289 g/mol. The third-order valence-electron chi connectivity index (χ3n) is 3.21. The zero-order valence-electron chi connectivity index (χ0n) is 10.9. The first-order valence-corrected chi connectivity index (χ1v) is 6.53. The first kappa shape index (κ1) is 13.0. The predicted molar refractivity (Wildman–Crippen MR) is 78.1 cm³/mol. The summed E-state index contributed by atoms with van der Waals surface area (Å²) in [6.07, 6.45) is 1.84. The van der Waals surface area contributed by atoms with Crippen molar-refractivity contribution in [3.05, 3.63) is 53.3 Å². The molecule has 1 N–H and O–H groups in total.